The molecule has 0 aliphatic heterocycles. The number of carbonyl (C=O) groups excluding carboxylic acids is 1. The number of Topliss-reactive ketones (excluding diaryl/α,β-unsaturated/α-hetero) is 1. The summed E-state index contributed by atoms with van der Waals surface area (Å²) in [6.07, 6.45) is 0. The number of rotatable bonds is 5. The number of nitrogens with zero attached hydrogens (tertiary/aromatic N) is 4. The molecule has 0 atom stereocenters. The van der Waals surface area contributed by atoms with E-state index in [1.165, 1.54) is 4.68 Å². The molecule has 3 rings (SSSR count). The van der Waals surface area contributed by atoms with Gasteiger partial charge in [-0.15, -0.1) is 0 Å². The Bertz CT molecular complexity index is 1170. The van der Waals surface area contributed by atoms with E-state index in [2.05, 4.69) is 10.5 Å². The molecule has 140 valence electrons. The number of nitriles is 1. The molecule has 0 saturated heterocycles. The van der Waals surface area contributed by atoms with Crippen molar-refractivity contribution in [3.63, 3.8) is 0 Å². The first-order valence-corrected chi connectivity index (χ1v) is 8.70. The van der Waals surface area contributed by atoms with E-state index in [1.54, 1.807) is 73.3 Å². The second kappa shape index (κ2) is 7.94. The topological polar surface area (TPSA) is 92.2 Å². The summed E-state index contributed by atoms with van der Waals surface area (Å²) in [5.74, 6) is -0.755. The molecule has 8 heteroatoms. The van der Waals surface area contributed by atoms with Gasteiger partial charge < -0.3 is 0 Å². The van der Waals surface area contributed by atoms with Crippen LogP contribution in [-0.4, -0.2) is 20.9 Å². The number of halogens is 1. The van der Waals surface area contributed by atoms with Crippen LogP contribution in [0.5, 0.6) is 0 Å². The number of ketones is 1. The smallest absolute Gasteiger partial charge is 0.283 e. The third kappa shape index (κ3) is 3.46. The maximum Gasteiger partial charge on any atom is 0.283 e. The van der Waals surface area contributed by atoms with Gasteiger partial charge >= 0.3 is 0 Å². The van der Waals surface area contributed by atoms with Crippen molar-refractivity contribution in [2.24, 2.45) is 12.1 Å². The van der Waals surface area contributed by atoms with Crippen molar-refractivity contribution in [1.82, 2.24) is 9.36 Å². The minimum absolute atomic E-state index is 0.104. The molecule has 0 fully saturated rings. The summed E-state index contributed by atoms with van der Waals surface area (Å²) in [7, 11) is 1.67. The zero-order valence-corrected chi connectivity index (χ0v) is 15.9. The molecule has 0 radical (unpaired) electrons. The molecule has 0 amide bonds. The van der Waals surface area contributed by atoms with Crippen LogP contribution in [0.3, 0.4) is 0 Å². The van der Waals surface area contributed by atoms with Crippen molar-refractivity contribution in [2.75, 3.05) is 5.43 Å². The van der Waals surface area contributed by atoms with Gasteiger partial charge in [0.05, 0.1) is 16.4 Å². The normalized spacial score (nSPS) is 11.1. The zero-order valence-electron chi connectivity index (χ0n) is 15.2. The Balaban J connectivity index is 2.02. The minimum atomic E-state index is -0.755. The number of hydrogen-bond donors (Lipinski definition) is 1. The number of anilines is 1. The molecule has 7 nitrogen and oxygen atoms in total. The lowest BCUT2D eigenvalue weighted by atomic mass is 10.1. The predicted octanol–water partition coefficient (Wildman–Crippen LogP) is 3.31. The van der Waals surface area contributed by atoms with Gasteiger partial charge in [-0.25, -0.2) is 4.68 Å². The van der Waals surface area contributed by atoms with Crippen LogP contribution in [-0.2, 0) is 7.05 Å². The Hall–Kier alpha value is -3.63. The SMILES string of the molecule is Cc1c(C(=O)/C(C#N)=N/Nc2ccccc2Cl)c(=O)n(-c2ccccc2)n1C. The number of carbonyl (C=O) groups is 1. The summed E-state index contributed by atoms with van der Waals surface area (Å²) in [6, 6.07) is 17.5. The van der Waals surface area contributed by atoms with Gasteiger partial charge in [0.2, 0.25) is 11.5 Å². The van der Waals surface area contributed by atoms with Crippen molar-refractivity contribution in [1.29, 1.82) is 5.26 Å². The van der Waals surface area contributed by atoms with Gasteiger partial charge in [-0.3, -0.25) is 19.7 Å². The third-order valence-electron chi connectivity index (χ3n) is 4.26. The summed E-state index contributed by atoms with van der Waals surface area (Å²) >= 11 is 6.03. The second-order valence-corrected chi connectivity index (χ2v) is 6.34. The second-order valence-electron chi connectivity index (χ2n) is 5.93. The Morgan fingerprint density at radius 3 is 2.43 bits per heavy atom. The molecule has 3 aromatic rings. The Kier molecular flexibility index (Phi) is 5.43. The quantitative estimate of drug-likeness (QED) is 0.409. The molecule has 28 heavy (non-hydrogen) atoms. The van der Waals surface area contributed by atoms with Crippen molar-refractivity contribution in [3.05, 3.63) is 81.2 Å². The summed E-state index contributed by atoms with van der Waals surface area (Å²) in [5.41, 5.74) is 3.03. The molecule has 1 heterocycles. The van der Waals surface area contributed by atoms with Crippen LogP contribution in [0.2, 0.25) is 5.02 Å². The van der Waals surface area contributed by atoms with E-state index >= 15 is 0 Å². The highest BCUT2D eigenvalue weighted by Crippen LogP contribution is 2.20. The fraction of sp³-hybridized carbons (Fsp3) is 0.100. The summed E-state index contributed by atoms with van der Waals surface area (Å²) in [4.78, 5) is 25.8. The first-order chi connectivity index (χ1) is 13.5. The Morgan fingerprint density at radius 1 is 1.14 bits per heavy atom. The number of nitrogens with one attached hydrogen (secondary N) is 1. The lowest BCUT2D eigenvalue weighted by Crippen LogP contribution is -2.25. The third-order valence-corrected chi connectivity index (χ3v) is 4.59. The highest BCUT2D eigenvalue weighted by atomic mass is 35.5. The molecule has 0 aliphatic rings. The van der Waals surface area contributed by atoms with Gasteiger partial charge in [0.1, 0.15) is 11.6 Å². The van der Waals surface area contributed by atoms with E-state index in [4.69, 9.17) is 11.6 Å². The van der Waals surface area contributed by atoms with Crippen LogP contribution < -0.4 is 11.0 Å². The molecular formula is C20H16ClN5O2. The summed E-state index contributed by atoms with van der Waals surface area (Å²) in [5, 5.41) is 13.6. The predicted molar refractivity (Wildman–Crippen MR) is 108 cm³/mol. The standard InChI is InChI=1S/C20H16ClN5O2/c1-13-18(20(28)26(25(13)2)14-8-4-3-5-9-14)19(27)17(12-22)24-23-16-11-7-6-10-15(16)21/h3-11,23H,1-2H3/b24-17+. The van der Waals surface area contributed by atoms with Crippen molar-refractivity contribution < 1.29 is 4.79 Å². The van der Waals surface area contributed by atoms with Crippen LogP contribution in [0.1, 0.15) is 16.1 Å². The van der Waals surface area contributed by atoms with E-state index in [0.717, 1.165) is 0 Å². The molecule has 2 aromatic carbocycles. The van der Waals surface area contributed by atoms with Crippen LogP contribution in [0.25, 0.3) is 5.69 Å². The minimum Gasteiger partial charge on any atom is -0.286 e. The van der Waals surface area contributed by atoms with E-state index < -0.39 is 17.1 Å². The van der Waals surface area contributed by atoms with Gasteiger partial charge in [-0.05, 0) is 31.2 Å². The number of aromatic nitrogens is 2. The van der Waals surface area contributed by atoms with Crippen LogP contribution in [0.15, 0.2) is 64.5 Å². The van der Waals surface area contributed by atoms with Gasteiger partial charge in [-0.2, -0.15) is 10.4 Å². The Labute approximate surface area is 166 Å². The maximum absolute atomic E-state index is 12.9. The highest BCUT2D eigenvalue weighted by Gasteiger charge is 2.26. The van der Waals surface area contributed by atoms with Crippen LogP contribution in [0, 0.1) is 18.3 Å². The lowest BCUT2D eigenvalue weighted by Gasteiger charge is -2.07. The van der Waals surface area contributed by atoms with E-state index in [-0.39, 0.29) is 5.56 Å². The van der Waals surface area contributed by atoms with Crippen molar-refractivity contribution in [2.45, 2.75) is 6.92 Å². The van der Waals surface area contributed by atoms with Gasteiger partial charge in [0, 0.05) is 12.7 Å². The lowest BCUT2D eigenvalue weighted by molar-refractivity contribution is 0.106. The van der Waals surface area contributed by atoms with E-state index in [1.807, 2.05) is 6.07 Å². The molecule has 0 saturated carbocycles. The molecule has 0 spiro atoms. The fourth-order valence-electron chi connectivity index (χ4n) is 2.74. The zero-order chi connectivity index (χ0) is 20.3. The number of para-hydroxylation sites is 2. The molecule has 1 aromatic heterocycles. The molecule has 0 bridgehead atoms. The van der Waals surface area contributed by atoms with Crippen LogP contribution >= 0.6 is 11.6 Å². The summed E-state index contributed by atoms with van der Waals surface area (Å²) in [6.45, 7) is 1.64. The Morgan fingerprint density at radius 2 is 1.79 bits per heavy atom. The first-order valence-electron chi connectivity index (χ1n) is 8.32. The average Bonchev–Trinajstić information content (AvgIpc) is 2.92. The molecule has 0 aliphatic carbocycles. The average molecular weight is 394 g/mol. The summed E-state index contributed by atoms with van der Waals surface area (Å²) < 4.78 is 2.94. The monoisotopic (exact) mass is 393 g/mol. The molecule has 0 unspecified atom stereocenters. The van der Waals surface area contributed by atoms with Crippen LogP contribution in [0.4, 0.5) is 5.69 Å². The van der Waals surface area contributed by atoms with Crippen molar-refractivity contribution in [3.8, 4) is 11.8 Å². The van der Waals surface area contributed by atoms with E-state index in [0.29, 0.717) is 22.1 Å². The largest absolute Gasteiger partial charge is 0.286 e. The van der Waals surface area contributed by atoms with Gasteiger partial charge in [0.25, 0.3) is 5.56 Å². The van der Waals surface area contributed by atoms with Crippen molar-refractivity contribution >= 4 is 28.8 Å². The number of hydrazone groups is 1. The molecule has 1 N–H and O–H groups in total. The first kappa shape index (κ1) is 19.1. The van der Waals surface area contributed by atoms with Gasteiger partial charge in [0.15, 0.2) is 0 Å². The number of benzene rings is 2. The maximum atomic E-state index is 12.9. The highest BCUT2D eigenvalue weighted by molar-refractivity contribution is 6.51. The fourth-order valence-corrected chi connectivity index (χ4v) is 2.92. The molecular weight excluding hydrogens is 378 g/mol. The van der Waals surface area contributed by atoms with E-state index in [9.17, 15) is 14.9 Å². The number of hydrogen-bond acceptors (Lipinski definition) is 5. The van der Waals surface area contributed by atoms with Gasteiger partial charge in [-0.1, -0.05) is 41.9 Å².